The van der Waals surface area contributed by atoms with E-state index >= 15 is 0 Å². The second-order valence-corrected chi connectivity index (χ2v) is 8.35. The molecule has 5 nitrogen and oxygen atoms in total. The highest BCUT2D eigenvalue weighted by Crippen LogP contribution is 2.33. The van der Waals surface area contributed by atoms with Gasteiger partial charge in [-0.05, 0) is 54.7 Å². The molecule has 5 heteroatoms. The summed E-state index contributed by atoms with van der Waals surface area (Å²) in [6.07, 6.45) is 9.24. The SMILES string of the molecule is COc1ccc(C(C)(C)c2ccc(OCOC(=O)CCCCCCC/C=C\O)cc2)cc1. The van der Waals surface area contributed by atoms with Gasteiger partial charge in [0.05, 0.1) is 13.4 Å². The smallest absolute Gasteiger partial charge is 0.308 e. The van der Waals surface area contributed by atoms with Gasteiger partial charge < -0.3 is 19.3 Å². The van der Waals surface area contributed by atoms with Gasteiger partial charge in [0, 0.05) is 11.8 Å². The number of aliphatic hydroxyl groups is 1. The van der Waals surface area contributed by atoms with Crippen LogP contribution >= 0.6 is 0 Å². The van der Waals surface area contributed by atoms with Crippen molar-refractivity contribution < 1.29 is 24.1 Å². The van der Waals surface area contributed by atoms with E-state index in [9.17, 15) is 4.79 Å². The minimum Gasteiger partial charge on any atom is -0.516 e. The molecule has 0 bridgehead atoms. The van der Waals surface area contributed by atoms with Crippen molar-refractivity contribution >= 4 is 5.97 Å². The summed E-state index contributed by atoms with van der Waals surface area (Å²) >= 11 is 0. The molecule has 0 heterocycles. The zero-order valence-electron chi connectivity index (χ0n) is 19.5. The van der Waals surface area contributed by atoms with E-state index in [0.29, 0.717) is 12.2 Å². The van der Waals surface area contributed by atoms with Crippen molar-refractivity contribution in [3.05, 3.63) is 72.0 Å². The molecule has 0 unspecified atom stereocenters. The van der Waals surface area contributed by atoms with E-state index in [1.807, 2.05) is 36.4 Å². The first-order valence-corrected chi connectivity index (χ1v) is 11.3. The lowest BCUT2D eigenvalue weighted by Gasteiger charge is -2.26. The Hall–Kier alpha value is -2.95. The molecule has 0 aliphatic carbocycles. The maximum Gasteiger partial charge on any atom is 0.308 e. The largest absolute Gasteiger partial charge is 0.516 e. The van der Waals surface area contributed by atoms with Crippen LogP contribution in [-0.4, -0.2) is 25.0 Å². The minimum atomic E-state index is -0.231. The molecule has 0 aliphatic heterocycles. The highest BCUT2D eigenvalue weighted by molar-refractivity contribution is 5.69. The van der Waals surface area contributed by atoms with Crippen molar-refractivity contribution in [1.82, 2.24) is 0 Å². The molecule has 0 spiro atoms. The van der Waals surface area contributed by atoms with Crippen molar-refractivity contribution in [2.45, 2.75) is 64.2 Å². The van der Waals surface area contributed by atoms with E-state index in [1.165, 1.54) is 11.1 Å². The lowest BCUT2D eigenvalue weighted by Crippen LogP contribution is -2.18. The third kappa shape index (κ3) is 8.29. The maximum atomic E-state index is 11.8. The average Bonchev–Trinajstić information content (AvgIpc) is 2.81. The van der Waals surface area contributed by atoms with Gasteiger partial charge in [0.1, 0.15) is 11.5 Å². The Labute approximate surface area is 192 Å². The van der Waals surface area contributed by atoms with Crippen LogP contribution in [0.3, 0.4) is 0 Å². The molecule has 0 atom stereocenters. The van der Waals surface area contributed by atoms with Crippen molar-refractivity contribution in [2.75, 3.05) is 13.9 Å². The van der Waals surface area contributed by atoms with Crippen LogP contribution in [0.5, 0.6) is 11.5 Å². The number of hydrogen-bond donors (Lipinski definition) is 1. The van der Waals surface area contributed by atoms with Gasteiger partial charge in [0.2, 0.25) is 6.79 Å². The summed E-state index contributed by atoms with van der Waals surface area (Å²) in [5.74, 6) is 1.28. The first-order chi connectivity index (χ1) is 15.5. The molecule has 32 heavy (non-hydrogen) atoms. The topological polar surface area (TPSA) is 65.0 Å². The van der Waals surface area contributed by atoms with Crippen LogP contribution in [0.1, 0.15) is 69.9 Å². The summed E-state index contributed by atoms with van der Waals surface area (Å²) < 4.78 is 16.0. The number of aliphatic hydroxyl groups excluding tert-OH is 1. The zero-order valence-corrected chi connectivity index (χ0v) is 19.5. The predicted molar refractivity (Wildman–Crippen MR) is 127 cm³/mol. The second kappa shape index (κ2) is 13.5. The van der Waals surface area contributed by atoms with Gasteiger partial charge in [-0.2, -0.15) is 0 Å². The molecule has 0 aliphatic rings. The Balaban J connectivity index is 1.69. The van der Waals surface area contributed by atoms with Gasteiger partial charge in [-0.25, -0.2) is 0 Å². The Morgan fingerprint density at radius 2 is 1.44 bits per heavy atom. The molecule has 0 fully saturated rings. The van der Waals surface area contributed by atoms with Crippen LogP contribution in [0.25, 0.3) is 0 Å². The average molecular weight is 441 g/mol. The number of hydrogen-bond acceptors (Lipinski definition) is 5. The monoisotopic (exact) mass is 440 g/mol. The number of esters is 1. The fourth-order valence-electron chi connectivity index (χ4n) is 3.51. The van der Waals surface area contributed by atoms with Gasteiger partial charge in [-0.15, -0.1) is 0 Å². The molecule has 1 N–H and O–H groups in total. The molecule has 0 saturated carbocycles. The molecule has 0 radical (unpaired) electrons. The Kier molecular flexibility index (Phi) is 10.6. The van der Waals surface area contributed by atoms with Crippen molar-refractivity contribution in [3.8, 4) is 11.5 Å². The van der Waals surface area contributed by atoms with Crippen molar-refractivity contribution in [1.29, 1.82) is 0 Å². The number of ether oxygens (including phenoxy) is 3. The molecule has 0 saturated heterocycles. The predicted octanol–water partition coefficient (Wildman–Crippen LogP) is 6.70. The van der Waals surface area contributed by atoms with E-state index in [0.717, 1.165) is 50.5 Å². The van der Waals surface area contributed by atoms with Crippen LogP contribution in [-0.2, 0) is 14.9 Å². The van der Waals surface area contributed by atoms with Crippen molar-refractivity contribution in [2.24, 2.45) is 0 Å². The Bertz CT molecular complexity index is 822. The number of benzene rings is 2. The van der Waals surface area contributed by atoms with E-state index in [-0.39, 0.29) is 18.2 Å². The molecular formula is C27H36O5. The Morgan fingerprint density at radius 3 is 2.03 bits per heavy atom. The summed E-state index contributed by atoms with van der Waals surface area (Å²) in [6.45, 7) is 4.28. The number of unbranched alkanes of at least 4 members (excludes halogenated alkanes) is 5. The molecule has 2 rings (SSSR count). The van der Waals surface area contributed by atoms with Crippen LogP contribution in [0, 0.1) is 0 Å². The fraction of sp³-hybridized carbons (Fsp3) is 0.444. The van der Waals surface area contributed by atoms with Gasteiger partial charge in [0.25, 0.3) is 0 Å². The van der Waals surface area contributed by atoms with E-state index < -0.39 is 0 Å². The van der Waals surface area contributed by atoms with Gasteiger partial charge >= 0.3 is 5.97 Å². The summed E-state index contributed by atoms with van der Waals surface area (Å²) in [5, 5.41) is 8.57. The van der Waals surface area contributed by atoms with Crippen LogP contribution in [0.15, 0.2) is 60.9 Å². The first-order valence-electron chi connectivity index (χ1n) is 11.3. The number of carbonyl (C=O) groups excluding carboxylic acids is 1. The molecule has 0 amide bonds. The third-order valence-electron chi connectivity index (χ3n) is 5.69. The van der Waals surface area contributed by atoms with E-state index in [1.54, 1.807) is 13.2 Å². The quantitative estimate of drug-likeness (QED) is 0.153. The lowest BCUT2D eigenvalue weighted by atomic mass is 9.78. The summed E-state index contributed by atoms with van der Waals surface area (Å²) in [4.78, 5) is 11.8. The maximum absolute atomic E-state index is 11.8. The van der Waals surface area contributed by atoms with E-state index in [4.69, 9.17) is 19.3 Å². The van der Waals surface area contributed by atoms with Crippen molar-refractivity contribution in [3.63, 3.8) is 0 Å². The van der Waals surface area contributed by atoms with Crippen LogP contribution in [0.4, 0.5) is 0 Å². The second-order valence-electron chi connectivity index (χ2n) is 8.35. The fourth-order valence-corrected chi connectivity index (χ4v) is 3.51. The van der Waals surface area contributed by atoms with Gasteiger partial charge in [0.15, 0.2) is 0 Å². The summed E-state index contributed by atoms with van der Waals surface area (Å²) in [6, 6.07) is 16.0. The van der Waals surface area contributed by atoms with E-state index in [2.05, 4.69) is 26.0 Å². The highest BCUT2D eigenvalue weighted by Gasteiger charge is 2.23. The highest BCUT2D eigenvalue weighted by atomic mass is 16.7. The summed E-state index contributed by atoms with van der Waals surface area (Å²) in [5.41, 5.74) is 2.20. The number of methoxy groups -OCH3 is 1. The molecule has 2 aromatic rings. The Morgan fingerprint density at radius 1 is 0.875 bits per heavy atom. The molecule has 2 aromatic carbocycles. The third-order valence-corrected chi connectivity index (χ3v) is 5.69. The standard InChI is InChI=1S/C27H36O5/c1-27(2,22-12-16-24(30-3)17-13-22)23-14-18-25(19-15-23)31-21-32-26(29)11-9-7-5-4-6-8-10-20-28/h10,12-20,28H,4-9,11,21H2,1-3H3/b20-10-. The van der Waals surface area contributed by atoms with Gasteiger partial charge in [-0.1, -0.05) is 63.5 Å². The minimum absolute atomic E-state index is 0.0758. The van der Waals surface area contributed by atoms with Crippen LogP contribution in [0.2, 0.25) is 0 Å². The number of carbonyl (C=O) groups is 1. The lowest BCUT2D eigenvalue weighted by molar-refractivity contribution is -0.150. The summed E-state index contributed by atoms with van der Waals surface area (Å²) in [7, 11) is 1.67. The normalized spacial score (nSPS) is 11.5. The number of allylic oxidation sites excluding steroid dienone is 1. The molecule has 0 aromatic heterocycles. The molecule has 174 valence electrons. The van der Waals surface area contributed by atoms with Crippen LogP contribution < -0.4 is 9.47 Å². The number of rotatable bonds is 14. The molecular weight excluding hydrogens is 404 g/mol. The zero-order chi connectivity index (χ0) is 23.2. The van der Waals surface area contributed by atoms with Gasteiger partial charge in [-0.3, -0.25) is 4.79 Å². The first kappa shape index (κ1) is 25.3.